The highest BCUT2D eigenvalue weighted by Crippen LogP contribution is 2.48. The molecule has 3 fully saturated rings. The van der Waals surface area contributed by atoms with E-state index < -0.39 is 5.72 Å². The summed E-state index contributed by atoms with van der Waals surface area (Å²) in [5, 5.41) is 11.2. The number of phenols is 1. The first-order chi connectivity index (χ1) is 14.7. The van der Waals surface area contributed by atoms with Crippen molar-refractivity contribution >= 4 is 10.9 Å². The van der Waals surface area contributed by atoms with Crippen LogP contribution >= 0.6 is 0 Å². The molecule has 3 unspecified atom stereocenters. The zero-order valence-corrected chi connectivity index (χ0v) is 17.2. The van der Waals surface area contributed by atoms with E-state index in [1.54, 1.807) is 6.07 Å². The SMILES string of the molecule is C=CC1CN2CC[C@H]1CCC2(OCc1ccccc1)c1ccnc2ccc(O)cc12. The molecule has 1 N–H and O–H groups in total. The first-order valence-corrected chi connectivity index (χ1v) is 10.8. The Hall–Kier alpha value is -2.69. The lowest BCUT2D eigenvalue weighted by molar-refractivity contribution is -0.175. The van der Waals surface area contributed by atoms with Crippen LogP contribution in [0.15, 0.2) is 73.4 Å². The van der Waals surface area contributed by atoms with Crippen LogP contribution in [0.5, 0.6) is 5.75 Å². The van der Waals surface area contributed by atoms with Gasteiger partial charge in [0, 0.05) is 30.2 Å². The van der Waals surface area contributed by atoms with E-state index in [1.165, 1.54) is 12.0 Å². The fourth-order valence-corrected chi connectivity index (χ4v) is 5.32. The van der Waals surface area contributed by atoms with Gasteiger partial charge in [-0.1, -0.05) is 36.4 Å². The number of ether oxygens (including phenoxy) is 1. The van der Waals surface area contributed by atoms with E-state index in [0.29, 0.717) is 18.4 Å². The molecule has 154 valence electrons. The maximum Gasteiger partial charge on any atom is 0.148 e. The molecule has 6 rings (SSSR count). The molecule has 3 aliphatic heterocycles. The Morgan fingerprint density at radius 3 is 2.87 bits per heavy atom. The molecule has 4 nitrogen and oxygen atoms in total. The summed E-state index contributed by atoms with van der Waals surface area (Å²) in [6.45, 7) is 6.61. The normalized spacial score (nSPS) is 28.3. The number of benzene rings is 2. The Kier molecular flexibility index (Phi) is 5.05. The Labute approximate surface area is 177 Å². The minimum Gasteiger partial charge on any atom is -0.508 e. The van der Waals surface area contributed by atoms with Gasteiger partial charge >= 0.3 is 0 Å². The summed E-state index contributed by atoms with van der Waals surface area (Å²) < 4.78 is 6.88. The molecule has 0 saturated carbocycles. The summed E-state index contributed by atoms with van der Waals surface area (Å²) in [6, 6.07) is 17.8. The number of aromatic hydroxyl groups is 1. The molecule has 0 spiro atoms. The van der Waals surface area contributed by atoms with Gasteiger partial charge in [-0.05, 0) is 60.9 Å². The summed E-state index contributed by atoms with van der Waals surface area (Å²) in [5.74, 6) is 1.40. The molecule has 3 saturated heterocycles. The van der Waals surface area contributed by atoms with Crippen LogP contribution in [0.2, 0.25) is 0 Å². The standard InChI is InChI=1S/C26H28N2O2/c1-2-20-17-28-15-12-21(20)10-13-26(28,30-18-19-6-4-3-5-7-19)24-11-14-27-25-9-8-22(29)16-23(24)25/h2-9,11,14,16,20-21,29H,1,10,12-13,15,17-18H2/t20?,21-,26?/m1/s1. The van der Waals surface area contributed by atoms with Gasteiger partial charge in [-0.25, -0.2) is 0 Å². The number of fused-ring (bicyclic) bond motifs is 5. The van der Waals surface area contributed by atoms with Crippen molar-refractivity contribution in [2.24, 2.45) is 11.8 Å². The summed E-state index contributed by atoms with van der Waals surface area (Å²) in [7, 11) is 0. The Balaban J connectivity index is 1.64. The molecule has 4 atom stereocenters. The van der Waals surface area contributed by atoms with Crippen LogP contribution in [0.4, 0.5) is 0 Å². The minimum atomic E-state index is -0.544. The number of aromatic nitrogens is 1. The van der Waals surface area contributed by atoms with Gasteiger partial charge in [0.25, 0.3) is 0 Å². The molecule has 2 bridgehead atoms. The van der Waals surface area contributed by atoms with Crippen molar-refractivity contribution in [3.63, 3.8) is 0 Å². The first kappa shape index (κ1) is 19.3. The third-order valence-electron chi connectivity index (χ3n) is 6.94. The minimum absolute atomic E-state index is 0.256. The van der Waals surface area contributed by atoms with E-state index in [1.807, 2.05) is 24.4 Å². The highest BCUT2D eigenvalue weighted by molar-refractivity contribution is 5.84. The first-order valence-electron chi connectivity index (χ1n) is 10.8. The maximum atomic E-state index is 10.2. The second-order valence-corrected chi connectivity index (χ2v) is 8.55. The topological polar surface area (TPSA) is 45.6 Å². The van der Waals surface area contributed by atoms with Crippen molar-refractivity contribution in [3.05, 3.63) is 84.6 Å². The number of nitrogens with zero attached hydrogens (tertiary/aromatic N) is 2. The average molecular weight is 401 g/mol. The summed E-state index contributed by atoms with van der Waals surface area (Å²) in [4.78, 5) is 7.05. The number of rotatable bonds is 5. The van der Waals surface area contributed by atoms with Crippen molar-refractivity contribution in [1.29, 1.82) is 0 Å². The molecule has 1 aromatic heterocycles. The molecule has 3 aliphatic rings. The predicted molar refractivity (Wildman–Crippen MR) is 119 cm³/mol. The van der Waals surface area contributed by atoms with E-state index >= 15 is 0 Å². The summed E-state index contributed by atoms with van der Waals surface area (Å²) in [5.41, 5.74) is 2.61. The van der Waals surface area contributed by atoms with E-state index in [9.17, 15) is 5.11 Å². The average Bonchev–Trinajstić information content (AvgIpc) is 3.06. The van der Waals surface area contributed by atoms with Crippen molar-refractivity contribution in [2.45, 2.75) is 31.6 Å². The second-order valence-electron chi connectivity index (χ2n) is 8.55. The van der Waals surface area contributed by atoms with E-state index in [2.05, 4.69) is 52.9 Å². The second kappa shape index (κ2) is 7.86. The van der Waals surface area contributed by atoms with Crippen LogP contribution in [0.3, 0.4) is 0 Å². The van der Waals surface area contributed by atoms with E-state index in [0.717, 1.165) is 42.4 Å². The van der Waals surface area contributed by atoms with Crippen LogP contribution in [0, 0.1) is 11.8 Å². The van der Waals surface area contributed by atoms with Gasteiger partial charge in [-0.15, -0.1) is 6.58 Å². The lowest BCUT2D eigenvalue weighted by Crippen LogP contribution is -2.50. The monoisotopic (exact) mass is 400 g/mol. The number of phenolic OH excluding ortho intramolecular Hbond substituents is 1. The number of hydrogen-bond donors (Lipinski definition) is 1. The Morgan fingerprint density at radius 2 is 2.03 bits per heavy atom. The van der Waals surface area contributed by atoms with Crippen LogP contribution in [-0.2, 0) is 17.1 Å². The molecule has 0 aliphatic carbocycles. The zero-order valence-electron chi connectivity index (χ0n) is 17.2. The van der Waals surface area contributed by atoms with Gasteiger partial charge in [0.15, 0.2) is 0 Å². The lowest BCUT2D eigenvalue weighted by Gasteiger charge is -2.45. The quantitative estimate of drug-likeness (QED) is 0.596. The van der Waals surface area contributed by atoms with Crippen LogP contribution in [-0.4, -0.2) is 28.1 Å². The van der Waals surface area contributed by atoms with Crippen molar-refractivity contribution < 1.29 is 9.84 Å². The summed E-state index contributed by atoms with van der Waals surface area (Å²) in [6.07, 6.45) is 7.18. The molecule has 4 heteroatoms. The van der Waals surface area contributed by atoms with Crippen LogP contribution < -0.4 is 0 Å². The largest absolute Gasteiger partial charge is 0.508 e. The van der Waals surface area contributed by atoms with Crippen LogP contribution in [0.25, 0.3) is 10.9 Å². The Bertz CT molecular complexity index is 1050. The molecule has 3 aromatic rings. The number of pyridine rings is 1. The highest BCUT2D eigenvalue weighted by Gasteiger charge is 2.47. The van der Waals surface area contributed by atoms with Crippen LogP contribution in [0.1, 0.15) is 30.4 Å². The van der Waals surface area contributed by atoms with Gasteiger partial charge in [0.2, 0.25) is 0 Å². The predicted octanol–water partition coefficient (Wildman–Crippen LogP) is 5.23. The smallest absolute Gasteiger partial charge is 0.148 e. The Morgan fingerprint density at radius 1 is 1.17 bits per heavy atom. The summed E-state index contributed by atoms with van der Waals surface area (Å²) >= 11 is 0. The number of hydrogen-bond acceptors (Lipinski definition) is 4. The third-order valence-corrected chi connectivity index (χ3v) is 6.94. The molecule has 0 radical (unpaired) electrons. The maximum absolute atomic E-state index is 10.2. The molecule has 4 heterocycles. The molecule has 2 aromatic carbocycles. The molecular formula is C26H28N2O2. The van der Waals surface area contributed by atoms with Crippen molar-refractivity contribution in [1.82, 2.24) is 9.88 Å². The zero-order chi connectivity index (χ0) is 20.6. The molecular weight excluding hydrogens is 372 g/mol. The number of piperidine rings is 1. The van der Waals surface area contributed by atoms with Gasteiger partial charge in [0.05, 0.1) is 12.1 Å². The van der Waals surface area contributed by atoms with Crippen molar-refractivity contribution in [3.8, 4) is 5.75 Å². The molecule has 30 heavy (non-hydrogen) atoms. The van der Waals surface area contributed by atoms with Gasteiger partial charge in [-0.2, -0.15) is 0 Å². The van der Waals surface area contributed by atoms with Gasteiger partial charge in [0.1, 0.15) is 11.5 Å². The van der Waals surface area contributed by atoms with Gasteiger partial charge < -0.3 is 9.84 Å². The van der Waals surface area contributed by atoms with E-state index in [4.69, 9.17) is 4.74 Å². The fraction of sp³-hybridized carbons (Fsp3) is 0.346. The lowest BCUT2D eigenvalue weighted by atomic mass is 9.84. The molecule has 0 amide bonds. The van der Waals surface area contributed by atoms with Crippen molar-refractivity contribution in [2.75, 3.05) is 13.1 Å². The third kappa shape index (κ3) is 3.30. The van der Waals surface area contributed by atoms with E-state index in [-0.39, 0.29) is 5.75 Å². The fourth-order valence-electron chi connectivity index (χ4n) is 5.32. The highest BCUT2D eigenvalue weighted by atomic mass is 16.5. The van der Waals surface area contributed by atoms with Gasteiger partial charge in [-0.3, -0.25) is 9.88 Å².